The lowest BCUT2D eigenvalue weighted by molar-refractivity contribution is -0.274. The van der Waals surface area contributed by atoms with Crippen molar-refractivity contribution >= 4 is 0 Å². The van der Waals surface area contributed by atoms with E-state index in [-0.39, 0.29) is 11.7 Å². The molecule has 2 rings (SSSR count). The third-order valence-electron chi connectivity index (χ3n) is 3.62. The largest absolute Gasteiger partial charge is 0.573 e. The zero-order valence-corrected chi connectivity index (χ0v) is 11.5. The average molecular weight is 289 g/mol. The predicted octanol–water partition coefficient (Wildman–Crippen LogP) is 3.31. The number of hydrogen-bond acceptors (Lipinski definition) is 3. The molecule has 1 aromatic rings. The first kappa shape index (κ1) is 15.0. The SMILES string of the molecule is COc1cc(OC(F)(F)F)ccc1[C@H]1CCNC[C@H]1C. The van der Waals surface area contributed by atoms with E-state index >= 15 is 0 Å². The molecule has 112 valence electrons. The summed E-state index contributed by atoms with van der Waals surface area (Å²) >= 11 is 0. The number of nitrogens with one attached hydrogen (secondary N) is 1. The smallest absolute Gasteiger partial charge is 0.496 e. The molecule has 1 aliphatic rings. The quantitative estimate of drug-likeness (QED) is 0.926. The van der Waals surface area contributed by atoms with Crippen molar-refractivity contribution in [2.75, 3.05) is 20.2 Å². The number of halogens is 3. The molecule has 0 amide bonds. The van der Waals surface area contributed by atoms with Gasteiger partial charge in [-0.15, -0.1) is 13.2 Å². The summed E-state index contributed by atoms with van der Waals surface area (Å²) in [5.74, 6) is 0.892. The molecule has 1 heterocycles. The molecule has 0 aromatic heterocycles. The van der Waals surface area contributed by atoms with E-state index in [1.807, 2.05) is 0 Å². The van der Waals surface area contributed by atoms with Gasteiger partial charge < -0.3 is 14.8 Å². The van der Waals surface area contributed by atoms with Crippen LogP contribution in [0, 0.1) is 5.92 Å². The molecule has 3 nitrogen and oxygen atoms in total. The third kappa shape index (κ3) is 3.56. The third-order valence-corrected chi connectivity index (χ3v) is 3.62. The molecule has 0 saturated carbocycles. The lowest BCUT2D eigenvalue weighted by atomic mass is 9.82. The molecule has 1 aliphatic heterocycles. The Morgan fingerprint density at radius 1 is 1.30 bits per heavy atom. The minimum absolute atomic E-state index is 0.250. The van der Waals surface area contributed by atoms with Crippen LogP contribution in [0.25, 0.3) is 0 Å². The summed E-state index contributed by atoms with van der Waals surface area (Å²) in [6, 6.07) is 4.32. The predicted molar refractivity (Wildman–Crippen MR) is 69.1 cm³/mol. The maximum atomic E-state index is 12.2. The second kappa shape index (κ2) is 5.91. The van der Waals surface area contributed by atoms with E-state index in [0.717, 1.165) is 25.1 Å². The molecule has 0 aliphatic carbocycles. The first-order valence-corrected chi connectivity index (χ1v) is 6.55. The zero-order chi connectivity index (χ0) is 14.8. The van der Waals surface area contributed by atoms with Gasteiger partial charge in [0.25, 0.3) is 0 Å². The van der Waals surface area contributed by atoms with E-state index in [0.29, 0.717) is 11.7 Å². The number of piperidine rings is 1. The fraction of sp³-hybridized carbons (Fsp3) is 0.571. The molecule has 20 heavy (non-hydrogen) atoms. The minimum Gasteiger partial charge on any atom is -0.496 e. The van der Waals surface area contributed by atoms with Crippen molar-refractivity contribution in [1.29, 1.82) is 0 Å². The molecule has 0 spiro atoms. The highest BCUT2D eigenvalue weighted by Crippen LogP contribution is 2.38. The number of alkyl halides is 3. The van der Waals surface area contributed by atoms with Crippen LogP contribution in [-0.4, -0.2) is 26.6 Å². The van der Waals surface area contributed by atoms with Crippen molar-refractivity contribution in [2.45, 2.75) is 25.6 Å². The average Bonchev–Trinajstić information content (AvgIpc) is 2.38. The second-order valence-electron chi connectivity index (χ2n) is 5.03. The molecule has 1 N–H and O–H groups in total. The number of ether oxygens (including phenoxy) is 2. The minimum atomic E-state index is -4.69. The van der Waals surface area contributed by atoms with Crippen LogP contribution in [0.5, 0.6) is 11.5 Å². The number of methoxy groups -OCH3 is 1. The maximum Gasteiger partial charge on any atom is 0.573 e. The molecule has 2 atom stereocenters. The van der Waals surface area contributed by atoms with Crippen LogP contribution in [0.2, 0.25) is 0 Å². The van der Waals surface area contributed by atoms with Crippen molar-refractivity contribution in [3.63, 3.8) is 0 Å². The Bertz CT molecular complexity index is 462. The Kier molecular flexibility index (Phi) is 4.42. The van der Waals surface area contributed by atoms with Gasteiger partial charge in [0, 0.05) is 6.07 Å². The molecular formula is C14H18F3NO2. The van der Waals surface area contributed by atoms with E-state index in [9.17, 15) is 13.2 Å². The Balaban J connectivity index is 2.25. The van der Waals surface area contributed by atoms with Gasteiger partial charge in [-0.05, 0) is 43.0 Å². The highest BCUT2D eigenvalue weighted by molar-refractivity contribution is 5.43. The number of benzene rings is 1. The topological polar surface area (TPSA) is 30.5 Å². The highest BCUT2D eigenvalue weighted by Gasteiger charge is 2.32. The van der Waals surface area contributed by atoms with Crippen LogP contribution in [0.1, 0.15) is 24.8 Å². The summed E-state index contributed by atoms with van der Waals surface area (Å²) in [6.07, 6.45) is -3.74. The fourth-order valence-corrected chi connectivity index (χ4v) is 2.67. The first-order chi connectivity index (χ1) is 9.40. The van der Waals surface area contributed by atoms with Gasteiger partial charge >= 0.3 is 6.36 Å². The number of hydrogen-bond donors (Lipinski definition) is 1. The Morgan fingerprint density at radius 3 is 2.65 bits per heavy atom. The van der Waals surface area contributed by atoms with Crippen molar-refractivity contribution in [1.82, 2.24) is 5.32 Å². The van der Waals surface area contributed by atoms with Gasteiger partial charge in [-0.25, -0.2) is 0 Å². The van der Waals surface area contributed by atoms with Gasteiger partial charge in [0.2, 0.25) is 0 Å². The summed E-state index contributed by atoms with van der Waals surface area (Å²) in [7, 11) is 1.46. The van der Waals surface area contributed by atoms with Crippen LogP contribution in [0.15, 0.2) is 18.2 Å². The van der Waals surface area contributed by atoms with Crippen LogP contribution in [-0.2, 0) is 0 Å². The van der Waals surface area contributed by atoms with Gasteiger partial charge in [0.1, 0.15) is 11.5 Å². The molecule has 1 fully saturated rings. The zero-order valence-electron chi connectivity index (χ0n) is 11.5. The summed E-state index contributed by atoms with van der Waals surface area (Å²) in [6.45, 7) is 3.92. The van der Waals surface area contributed by atoms with E-state index in [2.05, 4.69) is 17.0 Å². The van der Waals surface area contributed by atoms with Crippen molar-refractivity contribution in [3.8, 4) is 11.5 Å². The normalized spacial score (nSPS) is 23.4. The molecule has 6 heteroatoms. The maximum absolute atomic E-state index is 12.2. The summed E-state index contributed by atoms with van der Waals surface area (Å²) in [5.41, 5.74) is 0.941. The van der Waals surface area contributed by atoms with Gasteiger partial charge in [-0.1, -0.05) is 13.0 Å². The Morgan fingerprint density at radius 2 is 2.05 bits per heavy atom. The molecule has 0 bridgehead atoms. The lowest BCUT2D eigenvalue weighted by Gasteiger charge is -2.31. The molecule has 1 aromatic carbocycles. The van der Waals surface area contributed by atoms with Crippen LogP contribution >= 0.6 is 0 Å². The van der Waals surface area contributed by atoms with E-state index in [1.54, 1.807) is 6.07 Å². The Labute approximate surface area is 116 Å². The monoisotopic (exact) mass is 289 g/mol. The van der Waals surface area contributed by atoms with Crippen molar-refractivity contribution in [3.05, 3.63) is 23.8 Å². The van der Waals surface area contributed by atoms with Crippen molar-refractivity contribution < 1.29 is 22.6 Å². The fourth-order valence-electron chi connectivity index (χ4n) is 2.67. The van der Waals surface area contributed by atoms with Crippen LogP contribution in [0.3, 0.4) is 0 Å². The lowest BCUT2D eigenvalue weighted by Crippen LogP contribution is -2.33. The summed E-state index contributed by atoms with van der Waals surface area (Å²) < 4.78 is 45.8. The molecule has 0 unspecified atom stereocenters. The summed E-state index contributed by atoms with van der Waals surface area (Å²) in [5, 5.41) is 3.30. The molecular weight excluding hydrogens is 271 g/mol. The standard InChI is InChI=1S/C14H18F3NO2/c1-9-8-18-6-5-11(9)12-4-3-10(7-13(12)19-2)20-14(15,16)17/h3-4,7,9,11,18H,5-6,8H2,1-2H3/t9-,11+/m1/s1. The van der Waals surface area contributed by atoms with Crippen LogP contribution < -0.4 is 14.8 Å². The van der Waals surface area contributed by atoms with E-state index < -0.39 is 6.36 Å². The van der Waals surface area contributed by atoms with Crippen molar-refractivity contribution in [2.24, 2.45) is 5.92 Å². The highest BCUT2D eigenvalue weighted by atomic mass is 19.4. The second-order valence-corrected chi connectivity index (χ2v) is 5.03. The van der Waals surface area contributed by atoms with E-state index in [1.165, 1.54) is 19.2 Å². The number of rotatable bonds is 3. The molecule has 0 radical (unpaired) electrons. The van der Waals surface area contributed by atoms with Gasteiger partial charge in [-0.3, -0.25) is 0 Å². The van der Waals surface area contributed by atoms with Gasteiger partial charge in [0.15, 0.2) is 0 Å². The summed E-state index contributed by atoms with van der Waals surface area (Å²) in [4.78, 5) is 0. The van der Waals surface area contributed by atoms with E-state index in [4.69, 9.17) is 4.74 Å². The van der Waals surface area contributed by atoms with Gasteiger partial charge in [-0.2, -0.15) is 0 Å². The Hall–Kier alpha value is -1.43. The van der Waals surface area contributed by atoms with Crippen LogP contribution in [0.4, 0.5) is 13.2 Å². The van der Waals surface area contributed by atoms with Gasteiger partial charge in [0.05, 0.1) is 7.11 Å². The molecule has 1 saturated heterocycles. The first-order valence-electron chi connectivity index (χ1n) is 6.55.